The largest absolute Gasteiger partial charge is 0.497 e. The molecular formula is C28H30N6O3S. The van der Waals surface area contributed by atoms with Crippen LogP contribution in [-0.4, -0.2) is 44.0 Å². The maximum Gasteiger partial charge on any atom is 0.231 e. The third kappa shape index (κ3) is 7.53. The first-order valence-electron chi connectivity index (χ1n) is 12.0. The molecule has 0 saturated carbocycles. The molecule has 0 fully saturated rings. The lowest BCUT2D eigenvalue weighted by Crippen LogP contribution is -2.10. The second-order valence-corrected chi connectivity index (χ2v) is 10.6. The molecule has 0 bridgehead atoms. The normalized spacial score (nSPS) is 11.6. The highest BCUT2D eigenvalue weighted by molar-refractivity contribution is 7.90. The number of anilines is 4. The van der Waals surface area contributed by atoms with Gasteiger partial charge < -0.3 is 15.4 Å². The Morgan fingerprint density at radius 2 is 1.61 bits per heavy atom. The van der Waals surface area contributed by atoms with Crippen LogP contribution in [0.25, 0.3) is 0 Å². The fourth-order valence-corrected chi connectivity index (χ4v) is 4.21. The molecule has 0 amide bonds. The van der Waals surface area contributed by atoms with Gasteiger partial charge in [-0.25, -0.2) is 8.42 Å². The van der Waals surface area contributed by atoms with E-state index in [1.807, 2.05) is 61.5 Å². The number of benzene rings is 3. The van der Waals surface area contributed by atoms with Gasteiger partial charge in [0, 0.05) is 24.6 Å². The molecule has 1 aromatic heterocycles. The van der Waals surface area contributed by atoms with Crippen molar-refractivity contribution in [2.24, 2.45) is 5.10 Å². The fourth-order valence-electron chi connectivity index (χ4n) is 3.58. The molecular weight excluding hydrogens is 500 g/mol. The van der Waals surface area contributed by atoms with Crippen LogP contribution in [0.1, 0.15) is 18.1 Å². The number of aromatic nitrogens is 2. The molecule has 3 N–H and O–H groups in total. The Kier molecular flexibility index (Phi) is 8.55. The molecule has 196 valence electrons. The van der Waals surface area contributed by atoms with Crippen molar-refractivity contribution < 1.29 is 13.2 Å². The number of methoxy groups -OCH3 is 1. The van der Waals surface area contributed by atoms with E-state index in [-0.39, 0.29) is 4.90 Å². The zero-order chi connectivity index (χ0) is 27.0. The second kappa shape index (κ2) is 12.2. The number of hydrogen-bond donors (Lipinski definition) is 3. The number of sulfone groups is 1. The van der Waals surface area contributed by atoms with Crippen molar-refractivity contribution in [1.82, 2.24) is 9.97 Å². The van der Waals surface area contributed by atoms with Crippen molar-refractivity contribution >= 4 is 38.8 Å². The van der Waals surface area contributed by atoms with E-state index in [2.05, 4.69) is 31.1 Å². The summed E-state index contributed by atoms with van der Waals surface area (Å²) in [6, 6.07) is 26.0. The Morgan fingerprint density at radius 1 is 0.921 bits per heavy atom. The quantitative estimate of drug-likeness (QED) is 0.181. The summed E-state index contributed by atoms with van der Waals surface area (Å²) < 4.78 is 28.7. The van der Waals surface area contributed by atoms with E-state index >= 15 is 0 Å². The van der Waals surface area contributed by atoms with Crippen LogP contribution in [-0.2, 0) is 16.3 Å². The van der Waals surface area contributed by atoms with E-state index in [1.165, 1.54) is 11.8 Å². The molecule has 1 heterocycles. The Balaban J connectivity index is 1.50. The molecule has 0 aliphatic carbocycles. The molecule has 0 saturated heterocycles. The molecule has 0 atom stereocenters. The van der Waals surface area contributed by atoms with Gasteiger partial charge >= 0.3 is 0 Å². The molecule has 4 rings (SSSR count). The third-order valence-electron chi connectivity index (χ3n) is 5.67. The maximum atomic E-state index is 11.7. The summed E-state index contributed by atoms with van der Waals surface area (Å²) in [4.78, 5) is 9.42. The second-order valence-electron chi connectivity index (χ2n) is 8.58. The van der Waals surface area contributed by atoms with Crippen LogP contribution >= 0.6 is 0 Å². The van der Waals surface area contributed by atoms with Crippen molar-refractivity contribution in [2.75, 3.05) is 36.0 Å². The Labute approximate surface area is 222 Å². The summed E-state index contributed by atoms with van der Waals surface area (Å²) in [6.07, 6.45) is 1.99. The van der Waals surface area contributed by atoms with Gasteiger partial charge in [-0.15, -0.1) is 0 Å². The first kappa shape index (κ1) is 26.6. The number of nitrogens with zero attached hydrogens (tertiary/aromatic N) is 3. The average molecular weight is 531 g/mol. The van der Waals surface area contributed by atoms with E-state index in [9.17, 15) is 8.42 Å². The lowest BCUT2D eigenvalue weighted by Gasteiger charge is -2.12. The summed E-state index contributed by atoms with van der Waals surface area (Å²) >= 11 is 0. The van der Waals surface area contributed by atoms with Gasteiger partial charge in [-0.05, 0) is 60.9 Å². The standard InChI is InChI=1S/C28H30N6O3S/c1-20(22-11-15-25(16-12-22)38(3,35)36)33-34-27-19-26(29-18-17-21-9-13-24(37-2)14-10-21)31-28(32-27)30-23-7-5-4-6-8-23/h4-16,19H,17-18H2,1-3H3,(H3,29,30,31,32,34). The minimum Gasteiger partial charge on any atom is -0.497 e. The number of para-hydroxylation sites is 1. The molecule has 9 nitrogen and oxygen atoms in total. The minimum absolute atomic E-state index is 0.264. The molecule has 0 aliphatic heterocycles. The highest BCUT2D eigenvalue weighted by Crippen LogP contribution is 2.19. The monoisotopic (exact) mass is 530 g/mol. The lowest BCUT2D eigenvalue weighted by molar-refractivity contribution is 0.414. The van der Waals surface area contributed by atoms with Gasteiger partial charge in [-0.3, -0.25) is 5.43 Å². The zero-order valence-corrected chi connectivity index (χ0v) is 22.3. The van der Waals surface area contributed by atoms with Crippen LogP contribution < -0.4 is 20.8 Å². The summed E-state index contributed by atoms with van der Waals surface area (Å²) in [7, 11) is -1.61. The topological polar surface area (TPSA) is 118 Å². The van der Waals surface area contributed by atoms with Gasteiger partial charge in [-0.1, -0.05) is 42.5 Å². The highest BCUT2D eigenvalue weighted by atomic mass is 32.2. The van der Waals surface area contributed by atoms with Gasteiger partial charge in [0.2, 0.25) is 5.95 Å². The first-order valence-corrected chi connectivity index (χ1v) is 13.9. The molecule has 0 spiro atoms. The molecule has 0 unspecified atom stereocenters. The lowest BCUT2D eigenvalue weighted by atomic mass is 10.1. The van der Waals surface area contributed by atoms with Gasteiger partial charge in [0.05, 0.1) is 17.7 Å². The highest BCUT2D eigenvalue weighted by Gasteiger charge is 2.09. The molecule has 0 aliphatic rings. The summed E-state index contributed by atoms with van der Waals surface area (Å²) in [5.41, 5.74) is 6.50. The minimum atomic E-state index is -3.26. The average Bonchev–Trinajstić information content (AvgIpc) is 2.92. The van der Waals surface area contributed by atoms with Crippen molar-refractivity contribution in [3.8, 4) is 5.75 Å². The van der Waals surface area contributed by atoms with Crippen molar-refractivity contribution in [2.45, 2.75) is 18.2 Å². The number of hydrogen-bond acceptors (Lipinski definition) is 9. The number of ether oxygens (including phenoxy) is 1. The van der Waals surface area contributed by atoms with Gasteiger partial charge in [0.1, 0.15) is 11.6 Å². The van der Waals surface area contributed by atoms with Crippen LogP contribution in [0.3, 0.4) is 0 Å². The van der Waals surface area contributed by atoms with Crippen LogP contribution in [0.4, 0.5) is 23.3 Å². The van der Waals surface area contributed by atoms with Crippen LogP contribution in [0.5, 0.6) is 5.75 Å². The maximum absolute atomic E-state index is 11.7. The van der Waals surface area contributed by atoms with E-state index < -0.39 is 9.84 Å². The number of hydrazone groups is 1. The number of rotatable bonds is 11. The smallest absolute Gasteiger partial charge is 0.231 e. The Morgan fingerprint density at radius 3 is 2.26 bits per heavy atom. The Bertz CT molecular complexity index is 1490. The fraction of sp³-hybridized carbons (Fsp3) is 0.179. The molecule has 3 aromatic carbocycles. The van der Waals surface area contributed by atoms with Crippen LogP contribution in [0.2, 0.25) is 0 Å². The van der Waals surface area contributed by atoms with Gasteiger partial charge in [-0.2, -0.15) is 15.1 Å². The predicted octanol–water partition coefficient (Wildman–Crippen LogP) is 5.12. The van der Waals surface area contributed by atoms with Crippen molar-refractivity contribution in [3.63, 3.8) is 0 Å². The molecule has 4 aromatic rings. The molecule has 38 heavy (non-hydrogen) atoms. The third-order valence-corrected chi connectivity index (χ3v) is 6.80. The number of nitrogens with one attached hydrogen (secondary N) is 3. The van der Waals surface area contributed by atoms with Crippen LogP contribution in [0, 0.1) is 0 Å². The summed E-state index contributed by atoms with van der Waals surface area (Å²) in [5.74, 6) is 2.38. The predicted molar refractivity (Wildman–Crippen MR) is 152 cm³/mol. The SMILES string of the molecule is COc1ccc(CCNc2cc(NN=C(C)c3ccc(S(C)(=O)=O)cc3)nc(Nc3ccccc3)n2)cc1. The van der Waals surface area contributed by atoms with Crippen molar-refractivity contribution in [1.29, 1.82) is 0 Å². The van der Waals surface area contributed by atoms with Gasteiger partial charge in [0.15, 0.2) is 15.7 Å². The molecule has 10 heteroatoms. The van der Waals surface area contributed by atoms with E-state index in [4.69, 9.17) is 4.74 Å². The zero-order valence-electron chi connectivity index (χ0n) is 21.5. The van der Waals surface area contributed by atoms with Gasteiger partial charge in [0.25, 0.3) is 0 Å². The first-order chi connectivity index (χ1) is 18.3. The van der Waals surface area contributed by atoms with E-state index in [0.29, 0.717) is 29.8 Å². The van der Waals surface area contributed by atoms with E-state index in [1.54, 1.807) is 37.4 Å². The van der Waals surface area contributed by atoms with Crippen LogP contribution in [0.15, 0.2) is 94.9 Å². The van der Waals surface area contributed by atoms with E-state index in [0.717, 1.165) is 23.4 Å². The summed E-state index contributed by atoms with van der Waals surface area (Å²) in [6.45, 7) is 2.50. The Hall–Kier alpha value is -4.44. The molecule has 0 radical (unpaired) electrons. The summed E-state index contributed by atoms with van der Waals surface area (Å²) in [5, 5.41) is 11.0. The van der Waals surface area contributed by atoms with Crippen molar-refractivity contribution in [3.05, 3.63) is 96.1 Å².